The second kappa shape index (κ2) is 7.30. The molecule has 0 saturated carbocycles. The Hall–Kier alpha value is -2.42. The summed E-state index contributed by atoms with van der Waals surface area (Å²) in [7, 11) is 1.26. The molecule has 1 saturated heterocycles. The number of aromatic nitrogens is 1. The molecule has 0 radical (unpaired) electrons. The summed E-state index contributed by atoms with van der Waals surface area (Å²) in [6.07, 6.45) is -0.333. The van der Waals surface area contributed by atoms with Crippen LogP contribution in [0.5, 0.6) is 0 Å². The monoisotopic (exact) mass is 395 g/mol. The maximum Gasteiger partial charge on any atom is 0.410 e. The first-order chi connectivity index (χ1) is 12.7. The van der Waals surface area contributed by atoms with Crippen LogP contribution in [0.15, 0.2) is 12.1 Å². The fourth-order valence-corrected chi connectivity index (χ4v) is 3.83. The number of hydrogen-bond donors (Lipinski definition) is 0. The van der Waals surface area contributed by atoms with Crippen molar-refractivity contribution in [3.05, 3.63) is 23.5 Å². The van der Waals surface area contributed by atoms with Gasteiger partial charge in [0, 0.05) is 26.2 Å². The molecule has 1 aromatic heterocycles. The second-order valence-corrected chi connectivity index (χ2v) is 8.26. The number of rotatable bonds is 2. The van der Waals surface area contributed by atoms with Crippen molar-refractivity contribution in [2.45, 2.75) is 26.4 Å². The Bertz CT molecular complexity index is 869. The van der Waals surface area contributed by atoms with Crippen LogP contribution in [0.4, 0.5) is 14.3 Å². The Kier molecular flexibility index (Phi) is 5.23. The van der Waals surface area contributed by atoms with Gasteiger partial charge in [0.1, 0.15) is 11.1 Å². The van der Waals surface area contributed by atoms with Crippen molar-refractivity contribution in [2.75, 3.05) is 38.2 Å². The summed E-state index contributed by atoms with van der Waals surface area (Å²) in [5.74, 6) is -1.14. The molecule has 0 aliphatic carbocycles. The van der Waals surface area contributed by atoms with E-state index < -0.39 is 17.4 Å². The first-order valence-corrected chi connectivity index (χ1v) is 9.41. The van der Waals surface area contributed by atoms with Crippen LogP contribution in [-0.4, -0.2) is 60.8 Å². The molecule has 2 aromatic rings. The van der Waals surface area contributed by atoms with Crippen LogP contribution in [-0.2, 0) is 9.47 Å². The van der Waals surface area contributed by atoms with Gasteiger partial charge >= 0.3 is 12.1 Å². The number of benzene rings is 1. The smallest absolute Gasteiger partial charge is 0.410 e. The van der Waals surface area contributed by atoms with Gasteiger partial charge in [-0.15, -0.1) is 0 Å². The van der Waals surface area contributed by atoms with E-state index >= 15 is 0 Å². The molecule has 2 heterocycles. The molecule has 1 aliphatic heterocycles. The van der Waals surface area contributed by atoms with E-state index in [-0.39, 0.29) is 17.2 Å². The van der Waals surface area contributed by atoms with Gasteiger partial charge in [0.25, 0.3) is 0 Å². The summed E-state index contributed by atoms with van der Waals surface area (Å²) in [6.45, 7) is 7.65. The van der Waals surface area contributed by atoms with Crippen molar-refractivity contribution in [2.24, 2.45) is 0 Å². The average molecular weight is 395 g/mol. The molecule has 0 unspecified atom stereocenters. The Morgan fingerprint density at radius 2 is 1.85 bits per heavy atom. The quantitative estimate of drug-likeness (QED) is 0.727. The number of methoxy groups -OCH3 is 1. The molecule has 3 rings (SSSR count). The van der Waals surface area contributed by atoms with E-state index in [0.29, 0.717) is 36.0 Å². The zero-order valence-electron chi connectivity index (χ0n) is 15.7. The van der Waals surface area contributed by atoms with Crippen LogP contribution in [0.1, 0.15) is 31.1 Å². The van der Waals surface area contributed by atoms with Gasteiger partial charge in [-0.1, -0.05) is 11.3 Å². The number of amides is 1. The second-order valence-electron chi connectivity index (χ2n) is 7.25. The SMILES string of the molecule is COC(=O)c1cc(F)c2nc(N3CCN(C(=O)OC(C)(C)C)CC3)sc2c1. The number of piperazine rings is 1. The number of halogens is 1. The van der Waals surface area contributed by atoms with E-state index in [2.05, 4.69) is 9.72 Å². The fraction of sp³-hybridized carbons (Fsp3) is 0.500. The van der Waals surface area contributed by atoms with Crippen LogP contribution < -0.4 is 4.90 Å². The number of ether oxygens (including phenoxy) is 2. The molecule has 7 nitrogen and oxygen atoms in total. The summed E-state index contributed by atoms with van der Waals surface area (Å²) in [5.41, 5.74) is -0.138. The number of carbonyl (C=O) groups is 2. The number of fused-ring (bicyclic) bond motifs is 1. The molecule has 1 aromatic carbocycles. The summed E-state index contributed by atoms with van der Waals surface area (Å²) in [5, 5.41) is 0.662. The molecule has 0 bridgehead atoms. The molecule has 27 heavy (non-hydrogen) atoms. The van der Waals surface area contributed by atoms with Gasteiger partial charge in [0.2, 0.25) is 0 Å². The number of nitrogens with zero attached hydrogens (tertiary/aromatic N) is 3. The van der Waals surface area contributed by atoms with Gasteiger partial charge in [0.15, 0.2) is 10.9 Å². The maximum absolute atomic E-state index is 14.3. The zero-order valence-corrected chi connectivity index (χ0v) is 16.6. The summed E-state index contributed by atoms with van der Waals surface area (Å²) in [4.78, 5) is 31.8. The Labute approximate surface area is 160 Å². The molecule has 0 spiro atoms. The molecule has 1 amide bonds. The van der Waals surface area contributed by atoms with Gasteiger partial charge in [-0.3, -0.25) is 0 Å². The highest BCUT2D eigenvalue weighted by molar-refractivity contribution is 7.22. The van der Waals surface area contributed by atoms with Crippen molar-refractivity contribution in [3.8, 4) is 0 Å². The first kappa shape index (κ1) is 19.3. The third-order valence-electron chi connectivity index (χ3n) is 4.06. The number of carbonyl (C=O) groups excluding carboxylic acids is 2. The number of hydrogen-bond acceptors (Lipinski definition) is 7. The highest BCUT2D eigenvalue weighted by Gasteiger charge is 2.27. The minimum atomic E-state index is -0.586. The first-order valence-electron chi connectivity index (χ1n) is 8.59. The number of esters is 1. The minimum absolute atomic E-state index is 0.160. The van der Waals surface area contributed by atoms with Crippen molar-refractivity contribution in [3.63, 3.8) is 0 Å². The van der Waals surface area contributed by atoms with Crippen molar-refractivity contribution >= 4 is 38.7 Å². The molecule has 1 aliphatic rings. The largest absolute Gasteiger partial charge is 0.465 e. The molecule has 0 atom stereocenters. The van der Waals surface area contributed by atoms with Crippen LogP contribution in [0, 0.1) is 5.82 Å². The van der Waals surface area contributed by atoms with E-state index in [1.165, 1.54) is 18.4 Å². The van der Waals surface area contributed by atoms with Gasteiger partial charge in [0.05, 0.1) is 17.4 Å². The summed E-state index contributed by atoms with van der Waals surface area (Å²) >= 11 is 1.31. The van der Waals surface area contributed by atoms with Crippen molar-refractivity contribution in [1.82, 2.24) is 9.88 Å². The Morgan fingerprint density at radius 1 is 1.19 bits per heavy atom. The van der Waals surface area contributed by atoms with Crippen LogP contribution >= 0.6 is 11.3 Å². The van der Waals surface area contributed by atoms with Crippen LogP contribution in [0.2, 0.25) is 0 Å². The van der Waals surface area contributed by atoms with Crippen molar-refractivity contribution < 1.29 is 23.5 Å². The number of anilines is 1. The fourth-order valence-electron chi connectivity index (χ4n) is 2.75. The molecule has 1 fully saturated rings. The van der Waals surface area contributed by atoms with Crippen LogP contribution in [0.25, 0.3) is 10.2 Å². The van der Waals surface area contributed by atoms with E-state index in [4.69, 9.17) is 4.74 Å². The minimum Gasteiger partial charge on any atom is -0.465 e. The lowest BCUT2D eigenvalue weighted by molar-refractivity contribution is 0.0240. The summed E-state index contributed by atoms with van der Waals surface area (Å²) < 4.78 is 24.9. The lowest BCUT2D eigenvalue weighted by atomic mass is 10.2. The standard InChI is InChI=1S/C18H22FN3O4S/c1-18(2,3)26-17(24)22-7-5-21(6-8-22)16-20-14-12(19)9-11(15(23)25-4)10-13(14)27-16/h9-10H,5-8H2,1-4H3. The highest BCUT2D eigenvalue weighted by atomic mass is 32.1. The molecular weight excluding hydrogens is 373 g/mol. The van der Waals surface area contributed by atoms with E-state index in [9.17, 15) is 14.0 Å². The number of thiazole rings is 1. The maximum atomic E-state index is 14.3. The average Bonchev–Trinajstić information content (AvgIpc) is 3.04. The topological polar surface area (TPSA) is 72.0 Å². The molecule has 0 N–H and O–H groups in total. The van der Waals surface area contributed by atoms with Gasteiger partial charge in [-0.25, -0.2) is 19.0 Å². The Balaban J connectivity index is 1.73. The lowest BCUT2D eigenvalue weighted by Gasteiger charge is -2.35. The van der Waals surface area contributed by atoms with Gasteiger partial charge in [-0.2, -0.15) is 0 Å². The predicted molar refractivity (Wildman–Crippen MR) is 101 cm³/mol. The third kappa shape index (κ3) is 4.29. The molecule has 146 valence electrons. The van der Waals surface area contributed by atoms with E-state index in [1.807, 2.05) is 25.7 Å². The van der Waals surface area contributed by atoms with Gasteiger partial charge < -0.3 is 19.3 Å². The zero-order chi connectivity index (χ0) is 19.8. The van der Waals surface area contributed by atoms with Crippen LogP contribution in [0.3, 0.4) is 0 Å². The van der Waals surface area contributed by atoms with Gasteiger partial charge in [-0.05, 0) is 32.9 Å². The highest BCUT2D eigenvalue weighted by Crippen LogP contribution is 2.32. The lowest BCUT2D eigenvalue weighted by Crippen LogP contribution is -2.50. The summed E-state index contributed by atoms with van der Waals surface area (Å²) in [6, 6.07) is 2.72. The molecular formula is C18H22FN3O4S. The molecule has 9 heteroatoms. The predicted octanol–water partition coefficient (Wildman–Crippen LogP) is 3.28. The Morgan fingerprint density at radius 3 is 2.44 bits per heavy atom. The van der Waals surface area contributed by atoms with Crippen molar-refractivity contribution in [1.29, 1.82) is 0 Å². The van der Waals surface area contributed by atoms with E-state index in [0.717, 1.165) is 6.07 Å². The van der Waals surface area contributed by atoms with E-state index in [1.54, 1.807) is 11.0 Å². The third-order valence-corrected chi connectivity index (χ3v) is 5.12. The normalized spacial score (nSPS) is 15.1.